The van der Waals surface area contributed by atoms with E-state index in [4.69, 9.17) is 8.83 Å². The van der Waals surface area contributed by atoms with Crippen molar-refractivity contribution in [2.24, 2.45) is 0 Å². The molecule has 0 N–H and O–H groups in total. The first kappa shape index (κ1) is 17.3. The van der Waals surface area contributed by atoms with Gasteiger partial charge in [-0.2, -0.15) is 0 Å². The molecule has 0 radical (unpaired) electrons. The van der Waals surface area contributed by atoms with E-state index in [-0.39, 0.29) is 5.91 Å². The van der Waals surface area contributed by atoms with Crippen LogP contribution in [0.15, 0.2) is 52.6 Å². The van der Waals surface area contributed by atoms with E-state index in [9.17, 15) is 4.79 Å². The van der Waals surface area contributed by atoms with Gasteiger partial charge in [-0.05, 0) is 6.08 Å². The Hall–Kier alpha value is -3.49. The van der Waals surface area contributed by atoms with E-state index < -0.39 is 0 Å². The zero-order chi connectivity index (χ0) is 18.4. The van der Waals surface area contributed by atoms with Gasteiger partial charge in [0.25, 0.3) is 0 Å². The van der Waals surface area contributed by atoms with E-state index in [1.54, 1.807) is 28.3 Å². The van der Waals surface area contributed by atoms with Crippen molar-refractivity contribution in [3.05, 3.63) is 60.7 Å². The van der Waals surface area contributed by atoms with Gasteiger partial charge in [-0.3, -0.25) is 4.79 Å². The number of amides is 1. The van der Waals surface area contributed by atoms with Gasteiger partial charge in [0, 0.05) is 38.1 Å². The summed E-state index contributed by atoms with van der Waals surface area (Å²) in [6, 6.07) is 0. The second-order valence-electron chi connectivity index (χ2n) is 5.70. The van der Waals surface area contributed by atoms with Gasteiger partial charge >= 0.3 is 0 Å². The van der Waals surface area contributed by atoms with Crippen LogP contribution in [0.3, 0.4) is 0 Å². The molecule has 0 aliphatic rings. The van der Waals surface area contributed by atoms with Crippen molar-refractivity contribution in [1.29, 1.82) is 0 Å². The van der Waals surface area contributed by atoms with Gasteiger partial charge in [0.05, 0.1) is 24.5 Å². The monoisotopic (exact) mass is 354 g/mol. The number of anilines is 1. The van der Waals surface area contributed by atoms with Crippen LogP contribution in [0.25, 0.3) is 6.08 Å². The minimum absolute atomic E-state index is 0.201. The van der Waals surface area contributed by atoms with E-state index in [1.165, 1.54) is 31.4 Å². The minimum Gasteiger partial charge on any atom is -0.451 e. The molecule has 0 atom stereocenters. The summed E-state index contributed by atoms with van der Waals surface area (Å²) in [5, 5.41) is 0. The molecule has 134 valence electrons. The molecule has 9 heteroatoms. The molecule has 0 spiro atoms. The van der Waals surface area contributed by atoms with Crippen LogP contribution in [0.5, 0.6) is 0 Å². The van der Waals surface area contributed by atoms with Crippen molar-refractivity contribution in [2.75, 3.05) is 19.0 Å². The van der Waals surface area contributed by atoms with Crippen LogP contribution in [0.2, 0.25) is 0 Å². The third-order valence-corrected chi connectivity index (χ3v) is 3.46. The number of oxazole rings is 2. The first-order valence-electron chi connectivity index (χ1n) is 7.82. The van der Waals surface area contributed by atoms with Crippen molar-refractivity contribution >= 4 is 17.9 Å². The molecule has 0 aliphatic carbocycles. The quantitative estimate of drug-likeness (QED) is 0.592. The second kappa shape index (κ2) is 8.06. The van der Waals surface area contributed by atoms with Crippen LogP contribution in [0, 0.1) is 0 Å². The van der Waals surface area contributed by atoms with E-state index in [2.05, 4.69) is 19.9 Å². The average Bonchev–Trinajstić information content (AvgIpc) is 3.33. The first-order valence-corrected chi connectivity index (χ1v) is 7.82. The van der Waals surface area contributed by atoms with Crippen molar-refractivity contribution in [3.63, 3.8) is 0 Å². The lowest BCUT2D eigenvalue weighted by Crippen LogP contribution is -2.28. The fourth-order valence-corrected chi connectivity index (χ4v) is 2.16. The first-order chi connectivity index (χ1) is 12.6. The molecule has 1 amide bonds. The van der Waals surface area contributed by atoms with Crippen molar-refractivity contribution in [3.8, 4) is 0 Å². The highest BCUT2D eigenvalue weighted by molar-refractivity contribution is 5.91. The smallest absolute Gasteiger partial charge is 0.247 e. The Bertz CT molecular complexity index is 805. The molecule has 0 unspecified atom stereocenters. The normalized spacial score (nSPS) is 11.0. The average molecular weight is 354 g/mol. The number of carbonyl (C=O) groups is 1. The maximum Gasteiger partial charge on any atom is 0.247 e. The third-order valence-electron chi connectivity index (χ3n) is 3.46. The maximum absolute atomic E-state index is 12.6. The number of hydrogen-bond donors (Lipinski definition) is 0. The lowest BCUT2D eigenvalue weighted by Gasteiger charge is -2.18. The van der Waals surface area contributed by atoms with Crippen LogP contribution in [0.4, 0.5) is 5.95 Å². The topological polar surface area (TPSA) is 101 Å². The fraction of sp³-hybridized carbons (Fsp3) is 0.235. The van der Waals surface area contributed by atoms with E-state index in [1.807, 2.05) is 14.1 Å². The summed E-state index contributed by atoms with van der Waals surface area (Å²) in [4.78, 5) is 32.6. The lowest BCUT2D eigenvalue weighted by atomic mass is 10.3. The van der Waals surface area contributed by atoms with E-state index >= 15 is 0 Å². The largest absolute Gasteiger partial charge is 0.451 e. The number of rotatable bonds is 7. The van der Waals surface area contributed by atoms with Crippen molar-refractivity contribution < 1.29 is 13.6 Å². The Morgan fingerprint density at radius 1 is 1.00 bits per heavy atom. The van der Waals surface area contributed by atoms with Crippen molar-refractivity contribution in [2.45, 2.75) is 13.1 Å². The third kappa shape index (κ3) is 4.53. The van der Waals surface area contributed by atoms with E-state index in [0.717, 1.165) is 5.56 Å². The van der Waals surface area contributed by atoms with Gasteiger partial charge in [0.1, 0.15) is 12.5 Å². The molecule has 26 heavy (non-hydrogen) atoms. The Balaban J connectivity index is 1.71. The summed E-state index contributed by atoms with van der Waals surface area (Å²) >= 11 is 0. The molecule has 9 nitrogen and oxygen atoms in total. The van der Waals surface area contributed by atoms with Crippen molar-refractivity contribution in [1.82, 2.24) is 24.8 Å². The molecule has 3 heterocycles. The molecule has 0 saturated carbocycles. The zero-order valence-corrected chi connectivity index (χ0v) is 14.4. The zero-order valence-electron chi connectivity index (χ0n) is 14.4. The fourth-order valence-electron chi connectivity index (χ4n) is 2.16. The standard InChI is InChI=1S/C17H18N6O3/c1-22(2)17-18-5-13(6-19-17)3-4-16(24)23(7-14-9-25-11-20-14)8-15-10-26-12-21-15/h3-6,9-12H,7-8H2,1-2H3/b4-3+. The van der Waals surface area contributed by atoms with Gasteiger partial charge < -0.3 is 18.6 Å². The van der Waals surface area contributed by atoms with Gasteiger partial charge in [-0.25, -0.2) is 19.9 Å². The Morgan fingerprint density at radius 2 is 1.58 bits per heavy atom. The molecule has 0 bridgehead atoms. The lowest BCUT2D eigenvalue weighted by molar-refractivity contribution is -0.127. The highest BCUT2D eigenvalue weighted by atomic mass is 16.3. The predicted molar refractivity (Wildman–Crippen MR) is 92.7 cm³/mol. The highest BCUT2D eigenvalue weighted by Gasteiger charge is 2.15. The summed E-state index contributed by atoms with van der Waals surface area (Å²) < 4.78 is 9.94. The predicted octanol–water partition coefficient (Wildman–Crippen LogP) is 1.76. The summed E-state index contributed by atoms with van der Waals surface area (Å²) in [5.74, 6) is 0.403. The van der Waals surface area contributed by atoms with E-state index in [0.29, 0.717) is 30.4 Å². The molecule has 0 aromatic carbocycles. The SMILES string of the molecule is CN(C)c1ncc(/C=C/C(=O)N(Cc2cocn2)Cc2cocn2)cn1. The molecular weight excluding hydrogens is 336 g/mol. The summed E-state index contributed by atoms with van der Waals surface area (Å²) in [5.41, 5.74) is 2.02. The Kier molecular flexibility index (Phi) is 5.37. The highest BCUT2D eigenvalue weighted by Crippen LogP contribution is 2.10. The molecule has 0 aliphatic heterocycles. The molecule has 3 aromatic heterocycles. The molecule has 3 rings (SSSR count). The number of aromatic nitrogens is 4. The van der Waals surface area contributed by atoms with Crippen LogP contribution < -0.4 is 4.90 Å². The van der Waals surface area contributed by atoms with Crippen LogP contribution >= 0.6 is 0 Å². The minimum atomic E-state index is -0.201. The maximum atomic E-state index is 12.6. The number of nitrogens with zero attached hydrogens (tertiary/aromatic N) is 6. The van der Waals surface area contributed by atoms with Crippen LogP contribution in [0.1, 0.15) is 17.0 Å². The van der Waals surface area contributed by atoms with Gasteiger partial charge in [-0.1, -0.05) is 0 Å². The Morgan fingerprint density at radius 3 is 2.04 bits per heavy atom. The molecule has 0 saturated heterocycles. The number of carbonyl (C=O) groups excluding carboxylic acids is 1. The van der Waals surface area contributed by atoms with Gasteiger partial charge in [0.2, 0.25) is 11.9 Å². The molecule has 0 fully saturated rings. The summed E-state index contributed by atoms with van der Waals surface area (Å²) in [7, 11) is 3.72. The van der Waals surface area contributed by atoms with Gasteiger partial charge in [-0.15, -0.1) is 0 Å². The van der Waals surface area contributed by atoms with Crippen LogP contribution in [-0.4, -0.2) is 44.8 Å². The molecular formula is C17H18N6O3. The Labute approximate surface area is 150 Å². The van der Waals surface area contributed by atoms with Gasteiger partial charge in [0.15, 0.2) is 12.8 Å². The summed E-state index contributed by atoms with van der Waals surface area (Å²) in [6.45, 7) is 0.588. The summed E-state index contributed by atoms with van der Waals surface area (Å²) in [6.07, 6.45) is 12.1. The van der Waals surface area contributed by atoms with Crippen LogP contribution in [-0.2, 0) is 17.9 Å². The second-order valence-corrected chi connectivity index (χ2v) is 5.70. The number of hydrogen-bond acceptors (Lipinski definition) is 8. The molecule has 3 aromatic rings.